The van der Waals surface area contributed by atoms with E-state index in [2.05, 4.69) is 13.5 Å². The fourth-order valence-electron chi connectivity index (χ4n) is 0.709. The summed E-state index contributed by atoms with van der Waals surface area (Å²) in [5.41, 5.74) is 0. The summed E-state index contributed by atoms with van der Waals surface area (Å²) < 4.78 is 5.06. The molecule has 2 heteroatoms. The lowest BCUT2D eigenvalue weighted by molar-refractivity contribution is -0.0684. The van der Waals surface area contributed by atoms with Crippen molar-refractivity contribution in [3.05, 3.63) is 12.3 Å². The Balaban J connectivity index is 3.36. The van der Waals surface area contributed by atoms with Crippen molar-refractivity contribution in [1.29, 1.82) is 0 Å². The Morgan fingerprint density at radius 2 is 2.18 bits per heavy atom. The Hall–Kier alpha value is -0.500. The molecule has 0 aromatic carbocycles. The molecular weight excluding hydrogens is 140 g/mol. The first-order valence-electron chi connectivity index (χ1n) is 4.23. The van der Waals surface area contributed by atoms with E-state index in [4.69, 9.17) is 9.84 Å². The summed E-state index contributed by atoms with van der Waals surface area (Å²) in [5, 5.41) is 9.04. The van der Waals surface area contributed by atoms with Crippen LogP contribution in [0.1, 0.15) is 39.5 Å². The molecule has 1 atom stereocenters. The highest BCUT2D eigenvalue weighted by atomic mass is 16.6. The monoisotopic (exact) mass is 158 g/mol. The number of ether oxygens (including phenoxy) is 1. The zero-order valence-corrected chi connectivity index (χ0v) is 7.47. The van der Waals surface area contributed by atoms with E-state index in [1.54, 1.807) is 0 Å². The third-order valence-electron chi connectivity index (χ3n) is 1.46. The maximum atomic E-state index is 9.04. The Morgan fingerprint density at radius 3 is 2.64 bits per heavy atom. The molecule has 11 heavy (non-hydrogen) atoms. The maximum Gasteiger partial charge on any atom is 0.196 e. The third-order valence-corrected chi connectivity index (χ3v) is 1.46. The fraction of sp³-hybridized carbons (Fsp3) is 0.778. The van der Waals surface area contributed by atoms with Gasteiger partial charge in [-0.3, -0.25) is 0 Å². The summed E-state index contributed by atoms with van der Waals surface area (Å²) in [4.78, 5) is 0. The minimum absolute atomic E-state index is 0.616. The van der Waals surface area contributed by atoms with Crippen LogP contribution in [0.25, 0.3) is 0 Å². The minimum Gasteiger partial charge on any atom is -0.470 e. The minimum atomic E-state index is -0.667. The van der Waals surface area contributed by atoms with E-state index in [0.29, 0.717) is 12.2 Å². The van der Waals surface area contributed by atoms with Crippen molar-refractivity contribution in [1.82, 2.24) is 0 Å². The smallest absolute Gasteiger partial charge is 0.196 e. The van der Waals surface area contributed by atoms with Crippen molar-refractivity contribution in [2.24, 2.45) is 0 Å². The molecule has 0 fully saturated rings. The van der Waals surface area contributed by atoms with E-state index in [1.165, 1.54) is 0 Å². The summed E-state index contributed by atoms with van der Waals surface area (Å²) in [6.45, 7) is 7.69. The van der Waals surface area contributed by atoms with Crippen molar-refractivity contribution >= 4 is 0 Å². The van der Waals surface area contributed by atoms with Crippen LogP contribution in [0.15, 0.2) is 12.3 Å². The highest BCUT2D eigenvalue weighted by Crippen LogP contribution is 2.09. The number of allylic oxidation sites excluding steroid dienone is 1. The van der Waals surface area contributed by atoms with Gasteiger partial charge in [0, 0.05) is 12.8 Å². The Bertz CT molecular complexity index is 110. The van der Waals surface area contributed by atoms with E-state index in [-0.39, 0.29) is 0 Å². The number of hydrogen-bond donors (Lipinski definition) is 1. The number of aliphatic hydroxyl groups is 1. The van der Waals surface area contributed by atoms with Crippen LogP contribution in [0, 0.1) is 0 Å². The molecule has 0 spiro atoms. The summed E-state index contributed by atoms with van der Waals surface area (Å²) in [7, 11) is 0. The molecule has 1 N–H and O–H groups in total. The van der Waals surface area contributed by atoms with E-state index in [1.807, 2.05) is 6.92 Å². The van der Waals surface area contributed by atoms with Crippen molar-refractivity contribution < 1.29 is 9.84 Å². The van der Waals surface area contributed by atoms with Crippen molar-refractivity contribution in [2.75, 3.05) is 0 Å². The van der Waals surface area contributed by atoms with Gasteiger partial charge in [-0.25, -0.2) is 0 Å². The summed E-state index contributed by atoms with van der Waals surface area (Å²) in [6, 6.07) is 0. The van der Waals surface area contributed by atoms with Crippen LogP contribution >= 0.6 is 0 Å². The lowest BCUT2D eigenvalue weighted by atomic mass is 10.2. The number of aliphatic hydroxyl groups excluding tert-OH is 1. The third kappa shape index (κ3) is 5.92. The molecule has 0 rings (SSSR count). The molecule has 1 unspecified atom stereocenters. The van der Waals surface area contributed by atoms with Crippen LogP contribution in [-0.2, 0) is 4.74 Å². The first-order chi connectivity index (χ1) is 5.20. The Kier molecular flexibility index (Phi) is 5.94. The number of rotatable bonds is 6. The molecule has 0 heterocycles. The topological polar surface area (TPSA) is 29.5 Å². The summed E-state index contributed by atoms with van der Waals surface area (Å²) in [6.07, 6.45) is 3.01. The molecule has 0 amide bonds. The van der Waals surface area contributed by atoms with Gasteiger partial charge in [0.05, 0.1) is 5.76 Å². The van der Waals surface area contributed by atoms with Gasteiger partial charge in [0.2, 0.25) is 0 Å². The van der Waals surface area contributed by atoms with Crippen molar-refractivity contribution in [2.45, 2.75) is 45.8 Å². The van der Waals surface area contributed by atoms with E-state index >= 15 is 0 Å². The van der Waals surface area contributed by atoms with Gasteiger partial charge in [-0.1, -0.05) is 26.8 Å². The van der Waals surface area contributed by atoms with Crippen molar-refractivity contribution in [3.8, 4) is 0 Å². The molecule has 0 aliphatic rings. The molecule has 0 aromatic heterocycles. The zero-order valence-electron chi connectivity index (χ0n) is 7.47. The Morgan fingerprint density at radius 1 is 1.55 bits per heavy atom. The average molecular weight is 158 g/mol. The lowest BCUT2D eigenvalue weighted by Crippen LogP contribution is -2.09. The maximum absolute atomic E-state index is 9.04. The Labute approximate surface area is 68.9 Å². The second kappa shape index (κ2) is 6.23. The predicted octanol–water partition coefficient (Wildman–Crippen LogP) is 2.44. The lowest BCUT2D eigenvalue weighted by Gasteiger charge is -2.12. The van der Waals surface area contributed by atoms with Gasteiger partial charge in [0.25, 0.3) is 0 Å². The molecular formula is C9H18O2. The fourth-order valence-corrected chi connectivity index (χ4v) is 0.709. The van der Waals surface area contributed by atoms with Gasteiger partial charge in [0.1, 0.15) is 0 Å². The van der Waals surface area contributed by atoms with Crippen LogP contribution < -0.4 is 0 Å². The summed E-state index contributed by atoms with van der Waals surface area (Å²) >= 11 is 0. The second-order valence-electron chi connectivity index (χ2n) is 2.62. The van der Waals surface area contributed by atoms with Gasteiger partial charge in [-0.2, -0.15) is 0 Å². The van der Waals surface area contributed by atoms with Gasteiger partial charge in [-0.05, 0) is 6.42 Å². The van der Waals surface area contributed by atoms with Gasteiger partial charge < -0.3 is 9.84 Å². The zero-order chi connectivity index (χ0) is 8.69. The van der Waals surface area contributed by atoms with Crippen LogP contribution in [-0.4, -0.2) is 11.4 Å². The van der Waals surface area contributed by atoms with Crippen LogP contribution in [0.5, 0.6) is 0 Å². The molecule has 0 radical (unpaired) electrons. The predicted molar refractivity (Wildman–Crippen MR) is 46.0 cm³/mol. The molecule has 0 aliphatic carbocycles. The number of hydrogen-bond acceptors (Lipinski definition) is 2. The van der Waals surface area contributed by atoms with E-state index in [0.717, 1.165) is 19.3 Å². The van der Waals surface area contributed by atoms with Gasteiger partial charge >= 0.3 is 0 Å². The van der Waals surface area contributed by atoms with Crippen LogP contribution in [0.3, 0.4) is 0 Å². The first-order valence-corrected chi connectivity index (χ1v) is 4.23. The van der Waals surface area contributed by atoms with E-state index in [9.17, 15) is 0 Å². The average Bonchev–Trinajstić information content (AvgIpc) is 2.00. The molecule has 0 aromatic rings. The molecule has 0 saturated heterocycles. The van der Waals surface area contributed by atoms with Crippen molar-refractivity contribution in [3.63, 3.8) is 0 Å². The largest absolute Gasteiger partial charge is 0.470 e. The van der Waals surface area contributed by atoms with Gasteiger partial charge in [0.15, 0.2) is 6.29 Å². The van der Waals surface area contributed by atoms with Gasteiger partial charge in [-0.15, -0.1) is 0 Å². The first kappa shape index (κ1) is 10.5. The van der Waals surface area contributed by atoms with Crippen LogP contribution in [0.2, 0.25) is 0 Å². The second-order valence-corrected chi connectivity index (χ2v) is 2.62. The standard InChI is InChI=1S/C9H18O2/c1-4-6-7-8(3)11-9(10)5-2/h9-10H,3-7H2,1-2H3. The molecule has 0 bridgehead atoms. The highest BCUT2D eigenvalue weighted by molar-refractivity contribution is 4.81. The quantitative estimate of drug-likeness (QED) is 0.475. The van der Waals surface area contributed by atoms with E-state index < -0.39 is 6.29 Å². The number of unbranched alkanes of at least 4 members (excludes halogenated alkanes) is 1. The molecule has 0 aliphatic heterocycles. The highest BCUT2D eigenvalue weighted by Gasteiger charge is 2.01. The molecule has 0 saturated carbocycles. The molecule has 66 valence electrons. The molecule has 2 nitrogen and oxygen atoms in total. The summed E-state index contributed by atoms with van der Waals surface area (Å²) in [5.74, 6) is 0.696. The van der Waals surface area contributed by atoms with Crippen LogP contribution in [0.4, 0.5) is 0 Å². The SMILES string of the molecule is C=C(CCCC)OC(O)CC. The normalized spacial score (nSPS) is 12.6.